The first-order chi connectivity index (χ1) is 12.1. The van der Waals surface area contributed by atoms with E-state index in [-0.39, 0.29) is 22.0 Å². The molecule has 2 rings (SSSR count). The van der Waals surface area contributed by atoms with Gasteiger partial charge in [-0.05, 0) is 42.5 Å². The summed E-state index contributed by atoms with van der Waals surface area (Å²) in [6.45, 7) is 0. The first-order valence-corrected chi connectivity index (χ1v) is 7.63. The summed E-state index contributed by atoms with van der Waals surface area (Å²) in [5, 5.41) is 2.67. The summed E-state index contributed by atoms with van der Waals surface area (Å²) in [6.07, 6.45) is -5.17. The van der Waals surface area contributed by atoms with Crippen molar-refractivity contribution in [3.8, 4) is 5.75 Å². The fourth-order valence-corrected chi connectivity index (χ4v) is 2.07. The highest BCUT2D eigenvalue weighted by molar-refractivity contribution is 6.31. The fourth-order valence-electron chi connectivity index (χ4n) is 1.89. The van der Waals surface area contributed by atoms with Crippen LogP contribution in [0, 0.1) is 0 Å². The topological polar surface area (TPSA) is 58.6 Å². The number of benzene rings is 2. The number of nitrogens with one attached hydrogen (secondary N) is 1. The number of hydrogen-bond acceptors (Lipinski definition) is 3. The molecule has 0 heterocycles. The number of anilines is 1. The molecule has 0 aliphatic rings. The molecule has 1 N–H and O–H groups in total. The van der Waals surface area contributed by atoms with Crippen molar-refractivity contribution in [2.45, 2.75) is 6.18 Å². The molecular formula is C17H14ClF3N2O3. The highest BCUT2D eigenvalue weighted by Crippen LogP contribution is 2.30. The Balaban J connectivity index is 2.23. The predicted molar refractivity (Wildman–Crippen MR) is 90.6 cm³/mol. The molecule has 0 fully saturated rings. The smallest absolute Gasteiger partial charge is 0.409 e. The first kappa shape index (κ1) is 19.6. The van der Waals surface area contributed by atoms with Crippen molar-refractivity contribution < 1.29 is 27.5 Å². The van der Waals surface area contributed by atoms with Crippen molar-refractivity contribution in [3.63, 3.8) is 0 Å². The molecule has 138 valence electrons. The second-order valence-electron chi connectivity index (χ2n) is 5.43. The van der Waals surface area contributed by atoms with E-state index >= 15 is 0 Å². The van der Waals surface area contributed by atoms with Gasteiger partial charge in [-0.1, -0.05) is 11.6 Å². The minimum Gasteiger partial charge on any atom is -0.409 e. The number of hydrogen-bond donors (Lipinski definition) is 1. The number of alkyl halides is 3. The molecule has 2 amide bonds. The molecule has 0 spiro atoms. The second kappa shape index (κ2) is 7.65. The van der Waals surface area contributed by atoms with Crippen LogP contribution < -0.4 is 10.1 Å². The van der Waals surface area contributed by atoms with Crippen LogP contribution in [0.1, 0.15) is 15.9 Å². The minimum absolute atomic E-state index is 0.0301. The van der Waals surface area contributed by atoms with Gasteiger partial charge in [-0.25, -0.2) is 4.79 Å². The van der Waals surface area contributed by atoms with Crippen LogP contribution in [0.2, 0.25) is 5.02 Å². The van der Waals surface area contributed by atoms with Crippen LogP contribution in [0.5, 0.6) is 5.75 Å². The molecule has 0 aliphatic heterocycles. The van der Waals surface area contributed by atoms with E-state index in [1.54, 1.807) is 0 Å². The molecule has 0 unspecified atom stereocenters. The van der Waals surface area contributed by atoms with Crippen LogP contribution in [0.15, 0.2) is 42.5 Å². The lowest BCUT2D eigenvalue weighted by Gasteiger charge is -2.14. The van der Waals surface area contributed by atoms with Crippen LogP contribution in [-0.4, -0.2) is 31.0 Å². The van der Waals surface area contributed by atoms with Crippen molar-refractivity contribution in [1.82, 2.24) is 4.90 Å². The quantitative estimate of drug-likeness (QED) is 0.833. The molecule has 0 radical (unpaired) electrons. The van der Waals surface area contributed by atoms with Crippen molar-refractivity contribution >= 4 is 29.3 Å². The van der Waals surface area contributed by atoms with Crippen molar-refractivity contribution in [3.05, 3.63) is 58.6 Å². The molecule has 0 aromatic heterocycles. The summed E-state index contributed by atoms with van der Waals surface area (Å²) in [5.41, 5.74) is -0.723. The molecule has 0 aliphatic carbocycles. The van der Waals surface area contributed by atoms with Gasteiger partial charge in [0.2, 0.25) is 0 Å². The predicted octanol–water partition coefficient (Wildman–Crippen LogP) is 4.67. The third-order valence-electron chi connectivity index (χ3n) is 3.22. The van der Waals surface area contributed by atoms with Gasteiger partial charge in [-0.3, -0.25) is 4.79 Å². The number of halogens is 4. The molecule has 2 aromatic carbocycles. The van der Waals surface area contributed by atoms with Gasteiger partial charge in [0.25, 0.3) is 5.91 Å². The van der Waals surface area contributed by atoms with Crippen molar-refractivity contribution in [2.75, 3.05) is 19.4 Å². The Morgan fingerprint density at radius 3 is 2.23 bits per heavy atom. The van der Waals surface area contributed by atoms with E-state index in [2.05, 4.69) is 5.32 Å². The Hall–Kier alpha value is -2.74. The van der Waals surface area contributed by atoms with Gasteiger partial charge < -0.3 is 15.0 Å². The van der Waals surface area contributed by atoms with Gasteiger partial charge in [0, 0.05) is 24.8 Å². The molecular weight excluding hydrogens is 373 g/mol. The standard InChI is InChI=1S/C17H14ClF3N2O3/c1-23(2)16(25)26-14-8-5-11(18)9-13(14)15(24)22-12-6-3-10(4-7-12)17(19,20)21/h3-9H,1-2H3,(H,22,24). The van der Waals surface area contributed by atoms with Gasteiger partial charge in [0.15, 0.2) is 0 Å². The van der Waals surface area contributed by atoms with Gasteiger partial charge >= 0.3 is 12.3 Å². The van der Waals surface area contributed by atoms with E-state index in [0.29, 0.717) is 0 Å². The lowest BCUT2D eigenvalue weighted by atomic mass is 10.1. The maximum absolute atomic E-state index is 12.6. The van der Waals surface area contributed by atoms with Crippen LogP contribution in [0.25, 0.3) is 0 Å². The Kier molecular flexibility index (Phi) is 5.76. The summed E-state index contributed by atoms with van der Waals surface area (Å²) in [4.78, 5) is 25.3. The van der Waals surface area contributed by atoms with E-state index in [0.717, 1.165) is 24.3 Å². The SMILES string of the molecule is CN(C)C(=O)Oc1ccc(Cl)cc1C(=O)Nc1ccc(C(F)(F)F)cc1. The zero-order chi connectivity index (χ0) is 19.5. The van der Waals surface area contributed by atoms with E-state index in [1.165, 1.54) is 37.2 Å². The summed E-state index contributed by atoms with van der Waals surface area (Å²) in [6, 6.07) is 8.02. The van der Waals surface area contributed by atoms with Crippen LogP contribution >= 0.6 is 11.6 Å². The summed E-state index contributed by atoms with van der Waals surface area (Å²) in [7, 11) is 2.94. The zero-order valence-corrected chi connectivity index (χ0v) is 14.5. The summed E-state index contributed by atoms with van der Waals surface area (Å²) < 4.78 is 42.8. The molecule has 2 aromatic rings. The first-order valence-electron chi connectivity index (χ1n) is 7.25. The summed E-state index contributed by atoms with van der Waals surface area (Å²) >= 11 is 5.88. The molecule has 0 atom stereocenters. The van der Waals surface area contributed by atoms with Crippen LogP contribution in [0.3, 0.4) is 0 Å². The Bertz CT molecular complexity index is 821. The monoisotopic (exact) mass is 386 g/mol. The minimum atomic E-state index is -4.47. The van der Waals surface area contributed by atoms with E-state index < -0.39 is 23.7 Å². The fraction of sp³-hybridized carbons (Fsp3) is 0.176. The third kappa shape index (κ3) is 4.89. The Morgan fingerprint density at radius 2 is 1.69 bits per heavy atom. The molecule has 26 heavy (non-hydrogen) atoms. The van der Waals surface area contributed by atoms with Gasteiger partial charge in [0.05, 0.1) is 11.1 Å². The second-order valence-corrected chi connectivity index (χ2v) is 5.87. The largest absolute Gasteiger partial charge is 0.416 e. The Labute approximate surface area is 152 Å². The average Bonchev–Trinajstić information content (AvgIpc) is 2.55. The van der Waals surface area contributed by atoms with Crippen molar-refractivity contribution in [1.29, 1.82) is 0 Å². The maximum atomic E-state index is 12.6. The lowest BCUT2D eigenvalue weighted by Crippen LogP contribution is -2.26. The van der Waals surface area contributed by atoms with Crippen LogP contribution in [-0.2, 0) is 6.18 Å². The highest BCUT2D eigenvalue weighted by Gasteiger charge is 2.30. The van der Waals surface area contributed by atoms with E-state index in [1.807, 2.05) is 0 Å². The van der Waals surface area contributed by atoms with E-state index in [9.17, 15) is 22.8 Å². The number of ether oxygens (including phenoxy) is 1. The normalized spacial score (nSPS) is 11.0. The van der Waals surface area contributed by atoms with Crippen molar-refractivity contribution in [2.24, 2.45) is 0 Å². The summed E-state index contributed by atoms with van der Waals surface area (Å²) in [5.74, 6) is -0.716. The molecule has 5 nitrogen and oxygen atoms in total. The average molecular weight is 387 g/mol. The van der Waals surface area contributed by atoms with Crippen LogP contribution in [0.4, 0.5) is 23.7 Å². The number of nitrogens with zero attached hydrogens (tertiary/aromatic N) is 1. The third-order valence-corrected chi connectivity index (χ3v) is 3.45. The number of rotatable bonds is 3. The molecule has 0 saturated carbocycles. The zero-order valence-electron chi connectivity index (χ0n) is 13.7. The van der Waals surface area contributed by atoms with Gasteiger partial charge in [-0.15, -0.1) is 0 Å². The van der Waals surface area contributed by atoms with Gasteiger partial charge in [-0.2, -0.15) is 13.2 Å². The van der Waals surface area contributed by atoms with E-state index in [4.69, 9.17) is 16.3 Å². The number of carbonyl (C=O) groups is 2. The van der Waals surface area contributed by atoms with Gasteiger partial charge in [0.1, 0.15) is 5.75 Å². The Morgan fingerprint density at radius 1 is 1.08 bits per heavy atom. The number of carbonyl (C=O) groups excluding carboxylic acids is 2. The number of amides is 2. The molecule has 9 heteroatoms. The maximum Gasteiger partial charge on any atom is 0.416 e. The lowest BCUT2D eigenvalue weighted by molar-refractivity contribution is -0.137. The molecule has 0 bridgehead atoms. The highest BCUT2D eigenvalue weighted by atomic mass is 35.5. The molecule has 0 saturated heterocycles.